The molecular formula is C32H61N7O7. The number of carbonyl (C=O) groups is 6. The van der Waals surface area contributed by atoms with Crippen molar-refractivity contribution in [1.82, 2.24) is 26.6 Å². The fourth-order valence-electron chi connectivity index (χ4n) is 4.63. The summed E-state index contributed by atoms with van der Waals surface area (Å²) in [7, 11) is 0. The lowest BCUT2D eigenvalue weighted by molar-refractivity contribution is -0.147. The summed E-state index contributed by atoms with van der Waals surface area (Å²) in [5.41, 5.74) is 10.9. The van der Waals surface area contributed by atoms with Crippen molar-refractivity contribution in [3.05, 3.63) is 0 Å². The maximum atomic E-state index is 13.4. The first-order valence-corrected chi connectivity index (χ1v) is 17.0. The zero-order valence-electron chi connectivity index (χ0n) is 28.4. The number of rotatable bonds is 30. The van der Waals surface area contributed by atoms with Gasteiger partial charge in [0.05, 0.1) is 24.9 Å². The number of Topliss-reactive ketones (excluding diaryl/α,β-unsaturated/α-hetero) is 2. The summed E-state index contributed by atoms with van der Waals surface area (Å²) < 4.78 is 5.22. The van der Waals surface area contributed by atoms with E-state index in [4.69, 9.17) is 16.2 Å². The third kappa shape index (κ3) is 21.7. The molecule has 0 spiro atoms. The lowest BCUT2D eigenvalue weighted by Crippen LogP contribution is -2.40. The SMILES string of the molecule is CCCCNC(=O)C(CC(=O)CC(CC(=O)C(CC)CC(=O)OCCCC)C(=O)NCCNCCN)CC(=O)NCCNCCN. The second-order valence-corrected chi connectivity index (χ2v) is 11.5. The third-order valence-corrected chi connectivity index (χ3v) is 7.39. The summed E-state index contributed by atoms with van der Waals surface area (Å²) in [5.74, 6) is -5.00. The van der Waals surface area contributed by atoms with Gasteiger partial charge < -0.3 is 42.8 Å². The Morgan fingerprint density at radius 3 is 1.67 bits per heavy atom. The van der Waals surface area contributed by atoms with Gasteiger partial charge in [-0.15, -0.1) is 0 Å². The summed E-state index contributed by atoms with van der Waals surface area (Å²) >= 11 is 0. The van der Waals surface area contributed by atoms with Gasteiger partial charge in [0.1, 0.15) is 11.6 Å². The number of amides is 3. The number of ketones is 2. The molecule has 3 atom stereocenters. The van der Waals surface area contributed by atoms with Crippen LogP contribution in [0.5, 0.6) is 0 Å². The molecule has 46 heavy (non-hydrogen) atoms. The van der Waals surface area contributed by atoms with Gasteiger partial charge in [-0.2, -0.15) is 0 Å². The number of nitrogens with two attached hydrogens (primary N) is 2. The van der Waals surface area contributed by atoms with Gasteiger partial charge in [0.25, 0.3) is 0 Å². The highest BCUT2D eigenvalue weighted by molar-refractivity contribution is 5.95. The molecular weight excluding hydrogens is 594 g/mol. The first-order chi connectivity index (χ1) is 22.1. The number of carbonyl (C=O) groups excluding carboxylic acids is 6. The molecule has 0 saturated carbocycles. The minimum Gasteiger partial charge on any atom is -0.466 e. The van der Waals surface area contributed by atoms with Crippen LogP contribution in [0.25, 0.3) is 0 Å². The first kappa shape index (κ1) is 43.1. The molecule has 9 N–H and O–H groups in total. The maximum absolute atomic E-state index is 13.4. The minimum absolute atomic E-state index is 0.0960. The Hall–Kier alpha value is -2.94. The van der Waals surface area contributed by atoms with Crippen molar-refractivity contribution in [3.63, 3.8) is 0 Å². The molecule has 0 saturated heterocycles. The summed E-state index contributed by atoms with van der Waals surface area (Å²) in [6.45, 7) is 10.1. The zero-order valence-corrected chi connectivity index (χ0v) is 28.4. The van der Waals surface area contributed by atoms with Gasteiger partial charge in [0.15, 0.2) is 0 Å². The highest BCUT2D eigenvalue weighted by Crippen LogP contribution is 2.21. The van der Waals surface area contributed by atoms with Gasteiger partial charge >= 0.3 is 5.97 Å². The number of hydrogen-bond donors (Lipinski definition) is 7. The molecule has 0 fully saturated rings. The van der Waals surface area contributed by atoms with E-state index in [2.05, 4.69) is 26.6 Å². The van der Waals surface area contributed by atoms with Crippen LogP contribution in [0.15, 0.2) is 0 Å². The highest BCUT2D eigenvalue weighted by Gasteiger charge is 2.31. The summed E-state index contributed by atoms with van der Waals surface area (Å²) in [4.78, 5) is 77.8. The van der Waals surface area contributed by atoms with Gasteiger partial charge in [-0.25, -0.2) is 0 Å². The molecule has 266 valence electrons. The second-order valence-electron chi connectivity index (χ2n) is 11.5. The van der Waals surface area contributed by atoms with Crippen molar-refractivity contribution < 1.29 is 33.5 Å². The van der Waals surface area contributed by atoms with Crippen LogP contribution in [0.3, 0.4) is 0 Å². The Morgan fingerprint density at radius 1 is 0.587 bits per heavy atom. The van der Waals surface area contributed by atoms with E-state index in [1.54, 1.807) is 6.92 Å². The summed E-state index contributed by atoms with van der Waals surface area (Å²) in [6, 6.07) is 0. The lowest BCUT2D eigenvalue weighted by Gasteiger charge is -2.21. The fourth-order valence-corrected chi connectivity index (χ4v) is 4.63. The molecule has 0 aromatic carbocycles. The molecule has 0 radical (unpaired) electrons. The molecule has 14 heteroatoms. The van der Waals surface area contributed by atoms with Crippen molar-refractivity contribution in [2.75, 3.05) is 65.5 Å². The van der Waals surface area contributed by atoms with Crippen LogP contribution < -0.4 is 38.1 Å². The standard InChI is InChI=1S/C32H61N7O7/c1-4-7-11-38-32(45)26(22-29(42)37-16-14-35-12-9-33)20-27(40)19-25(31(44)39-17-15-36-13-10-34)21-28(41)24(6-3)23-30(43)46-18-8-5-2/h24-26,35-36H,4-23,33-34H2,1-3H3,(H,37,42)(H,38,45)(H,39,44). The molecule has 3 amide bonds. The van der Waals surface area contributed by atoms with Crippen molar-refractivity contribution in [2.24, 2.45) is 29.2 Å². The monoisotopic (exact) mass is 655 g/mol. The van der Waals surface area contributed by atoms with Crippen molar-refractivity contribution in [3.8, 4) is 0 Å². The van der Waals surface area contributed by atoms with Gasteiger partial charge in [-0.3, -0.25) is 28.8 Å². The van der Waals surface area contributed by atoms with E-state index in [1.165, 1.54) is 0 Å². The van der Waals surface area contributed by atoms with E-state index in [1.807, 2.05) is 13.8 Å². The van der Waals surface area contributed by atoms with Gasteiger partial charge in [-0.1, -0.05) is 33.6 Å². The Bertz CT molecular complexity index is 904. The van der Waals surface area contributed by atoms with Crippen molar-refractivity contribution in [1.29, 1.82) is 0 Å². The van der Waals surface area contributed by atoms with E-state index in [-0.39, 0.29) is 56.9 Å². The van der Waals surface area contributed by atoms with Crippen LogP contribution in [-0.2, 0) is 33.5 Å². The Morgan fingerprint density at radius 2 is 1.13 bits per heavy atom. The van der Waals surface area contributed by atoms with Crippen molar-refractivity contribution in [2.45, 2.75) is 85.0 Å². The molecule has 0 heterocycles. The number of nitrogens with one attached hydrogen (secondary N) is 5. The molecule has 0 aliphatic heterocycles. The van der Waals surface area contributed by atoms with E-state index >= 15 is 0 Å². The average molecular weight is 656 g/mol. The molecule has 0 rings (SSSR count). The van der Waals surface area contributed by atoms with Crippen LogP contribution in [0, 0.1) is 17.8 Å². The quantitative estimate of drug-likeness (QED) is 0.0400. The minimum atomic E-state index is -0.995. The lowest BCUT2D eigenvalue weighted by atomic mass is 9.85. The Labute approximate surface area is 275 Å². The van der Waals surface area contributed by atoms with Crippen LogP contribution in [0.2, 0.25) is 0 Å². The molecule has 3 unspecified atom stereocenters. The zero-order chi connectivity index (χ0) is 34.6. The van der Waals surface area contributed by atoms with Crippen molar-refractivity contribution >= 4 is 35.3 Å². The smallest absolute Gasteiger partial charge is 0.306 e. The molecule has 0 aliphatic rings. The summed E-state index contributed by atoms with van der Waals surface area (Å²) in [5, 5.41) is 14.4. The number of hydrogen-bond acceptors (Lipinski definition) is 11. The topological polar surface area (TPSA) is 224 Å². The first-order valence-electron chi connectivity index (χ1n) is 17.0. The number of esters is 1. The fraction of sp³-hybridized carbons (Fsp3) is 0.812. The molecule has 0 bridgehead atoms. The average Bonchev–Trinajstić information content (AvgIpc) is 3.02. The van der Waals surface area contributed by atoms with Gasteiger partial charge in [-0.05, 0) is 19.3 Å². The van der Waals surface area contributed by atoms with Gasteiger partial charge in [0, 0.05) is 90.5 Å². The van der Waals surface area contributed by atoms with Crippen LogP contribution in [-0.4, -0.2) is 101 Å². The van der Waals surface area contributed by atoms with Crippen LogP contribution in [0.4, 0.5) is 0 Å². The maximum Gasteiger partial charge on any atom is 0.306 e. The number of unbranched alkanes of at least 4 members (excludes halogenated alkanes) is 2. The number of ether oxygens (including phenoxy) is 1. The molecule has 0 aromatic heterocycles. The van der Waals surface area contributed by atoms with E-state index in [0.29, 0.717) is 58.8 Å². The van der Waals surface area contributed by atoms with E-state index < -0.39 is 41.3 Å². The second kappa shape index (κ2) is 28.3. The molecule has 14 nitrogen and oxygen atoms in total. The molecule has 0 aromatic rings. The Kier molecular flexibility index (Phi) is 26.5. The predicted octanol–water partition coefficient (Wildman–Crippen LogP) is -0.0777. The normalized spacial score (nSPS) is 12.9. The van der Waals surface area contributed by atoms with E-state index in [0.717, 1.165) is 25.7 Å². The van der Waals surface area contributed by atoms with Crippen LogP contribution >= 0.6 is 0 Å². The van der Waals surface area contributed by atoms with Crippen LogP contribution in [0.1, 0.15) is 85.0 Å². The largest absolute Gasteiger partial charge is 0.466 e. The Balaban J connectivity index is 5.61. The third-order valence-electron chi connectivity index (χ3n) is 7.39. The molecule has 0 aliphatic carbocycles. The highest BCUT2D eigenvalue weighted by atomic mass is 16.5. The summed E-state index contributed by atoms with van der Waals surface area (Å²) in [6.07, 6.45) is 2.52. The predicted molar refractivity (Wildman–Crippen MR) is 178 cm³/mol. The van der Waals surface area contributed by atoms with Gasteiger partial charge in [0.2, 0.25) is 17.7 Å². The van der Waals surface area contributed by atoms with E-state index in [9.17, 15) is 28.8 Å².